The number of rotatable bonds is 3. The molecule has 3 aromatic rings. The summed E-state index contributed by atoms with van der Waals surface area (Å²) in [5.74, 6) is 1.69. The monoisotopic (exact) mass is 285 g/mol. The van der Waals surface area contributed by atoms with Gasteiger partial charge in [0.2, 0.25) is 0 Å². The molecule has 102 valence electrons. The van der Waals surface area contributed by atoms with Gasteiger partial charge in [-0.15, -0.1) is 11.3 Å². The lowest BCUT2D eigenvalue weighted by Crippen LogP contribution is -1.86. The molecule has 3 nitrogen and oxygen atoms in total. The first-order chi connectivity index (χ1) is 9.72. The van der Waals surface area contributed by atoms with E-state index in [2.05, 4.69) is 0 Å². The van der Waals surface area contributed by atoms with Crippen LogP contribution in [0.5, 0.6) is 11.5 Å². The standard InChI is InChI=1S/C16H15NO2S/c1-18-11-5-3-10(4-6-11)16-15(17)13-8-7-12(19-2)9-14(13)20-16/h3-9H,17H2,1-2H3. The van der Waals surface area contributed by atoms with Crippen LogP contribution in [0.2, 0.25) is 0 Å². The van der Waals surface area contributed by atoms with E-state index in [0.717, 1.165) is 37.7 Å². The molecule has 0 aliphatic rings. The number of anilines is 1. The van der Waals surface area contributed by atoms with Crippen LogP contribution < -0.4 is 15.2 Å². The Morgan fingerprint density at radius 1 is 0.900 bits per heavy atom. The van der Waals surface area contributed by atoms with Gasteiger partial charge < -0.3 is 15.2 Å². The molecule has 4 heteroatoms. The predicted octanol–water partition coefficient (Wildman–Crippen LogP) is 4.17. The lowest BCUT2D eigenvalue weighted by atomic mass is 10.1. The Hall–Kier alpha value is -2.20. The van der Waals surface area contributed by atoms with Crippen molar-refractivity contribution in [3.63, 3.8) is 0 Å². The zero-order valence-electron chi connectivity index (χ0n) is 11.3. The fraction of sp³-hybridized carbons (Fsp3) is 0.125. The summed E-state index contributed by atoms with van der Waals surface area (Å²) in [6, 6.07) is 13.9. The molecule has 0 saturated heterocycles. The van der Waals surface area contributed by atoms with E-state index in [9.17, 15) is 0 Å². The zero-order chi connectivity index (χ0) is 14.1. The van der Waals surface area contributed by atoms with Gasteiger partial charge in [0, 0.05) is 10.1 Å². The van der Waals surface area contributed by atoms with Crippen molar-refractivity contribution in [3.8, 4) is 21.9 Å². The molecule has 0 atom stereocenters. The molecule has 1 heterocycles. The van der Waals surface area contributed by atoms with Gasteiger partial charge in [0.1, 0.15) is 11.5 Å². The normalized spacial score (nSPS) is 10.7. The van der Waals surface area contributed by atoms with Gasteiger partial charge in [0.25, 0.3) is 0 Å². The van der Waals surface area contributed by atoms with E-state index in [0.29, 0.717) is 0 Å². The van der Waals surface area contributed by atoms with E-state index in [4.69, 9.17) is 15.2 Å². The van der Waals surface area contributed by atoms with Crippen molar-refractivity contribution in [1.29, 1.82) is 0 Å². The summed E-state index contributed by atoms with van der Waals surface area (Å²) in [5.41, 5.74) is 8.19. The Balaban J connectivity index is 2.12. The summed E-state index contributed by atoms with van der Waals surface area (Å²) < 4.78 is 11.6. The molecular weight excluding hydrogens is 270 g/mol. The van der Waals surface area contributed by atoms with Crippen molar-refractivity contribution in [1.82, 2.24) is 0 Å². The van der Waals surface area contributed by atoms with E-state index in [1.165, 1.54) is 0 Å². The van der Waals surface area contributed by atoms with E-state index in [-0.39, 0.29) is 0 Å². The Labute approximate surface area is 121 Å². The molecule has 0 bridgehead atoms. The molecule has 0 unspecified atom stereocenters. The van der Waals surface area contributed by atoms with Crippen LogP contribution in [0.3, 0.4) is 0 Å². The molecule has 0 aliphatic carbocycles. The van der Waals surface area contributed by atoms with Crippen molar-refractivity contribution in [3.05, 3.63) is 42.5 Å². The minimum absolute atomic E-state index is 0.817. The van der Waals surface area contributed by atoms with Gasteiger partial charge in [-0.3, -0.25) is 0 Å². The highest BCUT2D eigenvalue weighted by molar-refractivity contribution is 7.23. The highest BCUT2D eigenvalue weighted by Gasteiger charge is 2.12. The summed E-state index contributed by atoms with van der Waals surface area (Å²) in [7, 11) is 3.33. The van der Waals surface area contributed by atoms with Crippen molar-refractivity contribution < 1.29 is 9.47 Å². The number of thiophene rings is 1. The van der Waals surface area contributed by atoms with Crippen LogP contribution in [0, 0.1) is 0 Å². The fourth-order valence-corrected chi connectivity index (χ4v) is 3.34. The molecule has 0 saturated carbocycles. The number of hydrogen-bond acceptors (Lipinski definition) is 4. The number of ether oxygens (including phenoxy) is 2. The van der Waals surface area contributed by atoms with Gasteiger partial charge in [-0.1, -0.05) is 0 Å². The first-order valence-electron chi connectivity index (χ1n) is 6.23. The minimum Gasteiger partial charge on any atom is -0.497 e. The number of fused-ring (bicyclic) bond motifs is 1. The van der Waals surface area contributed by atoms with Crippen LogP contribution >= 0.6 is 11.3 Å². The molecule has 0 aliphatic heterocycles. The Kier molecular flexibility index (Phi) is 3.24. The molecule has 0 spiro atoms. The molecule has 2 N–H and O–H groups in total. The Bertz CT molecular complexity index is 747. The summed E-state index contributed by atoms with van der Waals surface area (Å²) in [4.78, 5) is 1.08. The highest BCUT2D eigenvalue weighted by Crippen LogP contribution is 2.42. The molecule has 1 aromatic heterocycles. The first kappa shape index (κ1) is 12.8. The van der Waals surface area contributed by atoms with E-state index in [1.807, 2.05) is 42.5 Å². The molecule has 0 radical (unpaired) electrons. The summed E-state index contributed by atoms with van der Waals surface area (Å²) >= 11 is 1.67. The smallest absolute Gasteiger partial charge is 0.120 e. The molecule has 3 rings (SSSR count). The van der Waals surface area contributed by atoms with Crippen molar-refractivity contribution in [2.75, 3.05) is 20.0 Å². The van der Waals surface area contributed by atoms with Crippen LogP contribution in [0.15, 0.2) is 42.5 Å². The maximum atomic E-state index is 6.27. The summed E-state index contributed by atoms with van der Waals surface area (Å²) in [5, 5.41) is 1.07. The Morgan fingerprint density at radius 3 is 2.20 bits per heavy atom. The molecule has 0 amide bonds. The second-order valence-corrected chi connectivity index (χ2v) is 5.49. The van der Waals surface area contributed by atoms with E-state index in [1.54, 1.807) is 25.6 Å². The van der Waals surface area contributed by atoms with Crippen molar-refractivity contribution in [2.45, 2.75) is 0 Å². The lowest BCUT2D eigenvalue weighted by Gasteiger charge is -2.02. The number of methoxy groups -OCH3 is 2. The maximum Gasteiger partial charge on any atom is 0.120 e. The maximum absolute atomic E-state index is 6.27. The molecule has 2 aromatic carbocycles. The van der Waals surface area contributed by atoms with Gasteiger partial charge in [-0.05, 0) is 48.0 Å². The summed E-state index contributed by atoms with van der Waals surface area (Å²) in [6.07, 6.45) is 0. The van der Waals surface area contributed by atoms with Crippen LogP contribution in [-0.4, -0.2) is 14.2 Å². The van der Waals surface area contributed by atoms with E-state index < -0.39 is 0 Å². The van der Waals surface area contributed by atoms with Gasteiger partial charge in [-0.2, -0.15) is 0 Å². The number of nitrogen functional groups attached to an aromatic ring is 1. The predicted molar refractivity (Wildman–Crippen MR) is 84.8 cm³/mol. The first-order valence-corrected chi connectivity index (χ1v) is 7.05. The minimum atomic E-state index is 0.817. The molecular formula is C16H15NO2S. The molecule has 20 heavy (non-hydrogen) atoms. The zero-order valence-corrected chi connectivity index (χ0v) is 12.2. The third-order valence-corrected chi connectivity index (χ3v) is 4.51. The molecule has 0 fully saturated rings. The van der Waals surface area contributed by atoms with Gasteiger partial charge >= 0.3 is 0 Å². The number of nitrogens with two attached hydrogens (primary N) is 1. The number of hydrogen-bond donors (Lipinski definition) is 1. The second-order valence-electron chi connectivity index (χ2n) is 4.44. The highest BCUT2D eigenvalue weighted by atomic mass is 32.1. The third-order valence-electron chi connectivity index (χ3n) is 3.29. The van der Waals surface area contributed by atoms with Crippen LogP contribution in [-0.2, 0) is 0 Å². The quantitative estimate of drug-likeness (QED) is 0.785. The summed E-state index contributed by atoms with van der Waals surface area (Å²) in [6.45, 7) is 0. The number of benzene rings is 2. The van der Waals surface area contributed by atoms with Crippen LogP contribution in [0.25, 0.3) is 20.5 Å². The SMILES string of the molecule is COc1ccc(-c2sc3cc(OC)ccc3c2N)cc1. The van der Waals surface area contributed by atoms with Gasteiger partial charge in [0.15, 0.2) is 0 Å². The average molecular weight is 285 g/mol. The van der Waals surface area contributed by atoms with Crippen molar-refractivity contribution >= 4 is 27.1 Å². The lowest BCUT2D eigenvalue weighted by molar-refractivity contribution is 0.415. The third kappa shape index (κ3) is 2.08. The Morgan fingerprint density at radius 2 is 1.55 bits per heavy atom. The average Bonchev–Trinajstić information content (AvgIpc) is 2.84. The van der Waals surface area contributed by atoms with Gasteiger partial charge in [0.05, 0.1) is 24.8 Å². The topological polar surface area (TPSA) is 44.5 Å². The largest absolute Gasteiger partial charge is 0.497 e. The van der Waals surface area contributed by atoms with Crippen LogP contribution in [0.1, 0.15) is 0 Å². The fourth-order valence-electron chi connectivity index (χ4n) is 2.18. The van der Waals surface area contributed by atoms with Gasteiger partial charge in [-0.25, -0.2) is 0 Å². The van der Waals surface area contributed by atoms with Crippen LogP contribution in [0.4, 0.5) is 5.69 Å². The second kappa shape index (κ2) is 5.06. The van der Waals surface area contributed by atoms with Crippen molar-refractivity contribution in [2.24, 2.45) is 0 Å². The van der Waals surface area contributed by atoms with E-state index >= 15 is 0 Å².